The minimum absolute atomic E-state index is 0.0921. The maximum absolute atomic E-state index is 11.0. The normalized spacial score (nSPS) is 11.9. The van der Waals surface area contributed by atoms with Gasteiger partial charge in [0.2, 0.25) is 5.75 Å². The summed E-state index contributed by atoms with van der Waals surface area (Å²) in [7, 11) is 0. The van der Waals surface area contributed by atoms with Gasteiger partial charge in [0, 0.05) is 16.6 Å². The Morgan fingerprint density at radius 1 is 1.30 bits per heavy atom. The molecule has 2 N–H and O–H groups in total. The lowest BCUT2D eigenvalue weighted by molar-refractivity contribution is -0.385. The number of ether oxygens (including phenoxy) is 1. The second-order valence-corrected chi connectivity index (χ2v) is 5.25. The van der Waals surface area contributed by atoms with Crippen LogP contribution in [0.1, 0.15) is 18.5 Å². The third kappa shape index (κ3) is 3.34. The first-order chi connectivity index (χ1) is 9.47. The molecule has 5 nitrogen and oxygen atoms in total. The fraction of sp³-hybridized carbons (Fsp3) is 0.143. The molecule has 0 radical (unpaired) electrons. The van der Waals surface area contributed by atoms with Crippen LogP contribution >= 0.6 is 15.9 Å². The zero-order valence-corrected chi connectivity index (χ0v) is 12.3. The van der Waals surface area contributed by atoms with Gasteiger partial charge in [0.05, 0.1) is 4.92 Å². The fourth-order valence-electron chi connectivity index (χ4n) is 1.71. The van der Waals surface area contributed by atoms with Crippen molar-refractivity contribution < 1.29 is 9.66 Å². The second-order valence-electron chi connectivity index (χ2n) is 4.33. The Morgan fingerprint density at radius 3 is 2.70 bits per heavy atom. The molecule has 1 unspecified atom stereocenters. The van der Waals surface area contributed by atoms with E-state index in [1.807, 2.05) is 13.0 Å². The highest BCUT2D eigenvalue weighted by Crippen LogP contribution is 2.34. The minimum atomic E-state index is -0.477. The Balaban J connectivity index is 2.35. The van der Waals surface area contributed by atoms with E-state index in [0.29, 0.717) is 10.2 Å². The van der Waals surface area contributed by atoms with E-state index in [9.17, 15) is 10.1 Å². The van der Waals surface area contributed by atoms with Crippen molar-refractivity contribution in [3.8, 4) is 11.5 Å². The van der Waals surface area contributed by atoms with E-state index in [1.54, 1.807) is 30.3 Å². The lowest BCUT2D eigenvalue weighted by atomic mass is 10.1. The number of rotatable bonds is 4. The Labute approximate surface area is 124 Å². The average Bonchev–Trinajstić information content (AvgIpc) is 2.41. The molecule has 0 saturated heterocycles. The van der Waals surface area contributed by atoms with Crippen molar-refractivity contribution in [2.24, 2.45) is 5.73 Å². The number of hydrogen-bond acceptors (Lipinski definition) is 4. The van der Waals surface area contributed by atoms with Crippen LogP contribution in [0.3, 0.4) is 0 Å². The number of halogens is 1. The van der Waals surface area contributed by atoms with Gasteiger partial charge in [-0.3, -0.25) is 10.1 Å². The van der Waals surface area contributed by atoms with Crippen LogP contribution in [0, 0.1) is 10.1 Å². The van der Waals surface area contributed by atoms with E-state index in [1.165, 1.54) is 6.07 Å². The number of nitrogens with two attached hydrogens (primary N) is 1. The van der Waals surface area contributed by atoms with Gasteiger partial charge in [-0.2, -0.15) is 0 Å². The SMILES string of the molecule is CC(N)c1cccc(Oc2ccc(Br)cc2[N+](=O)[O-])c1. The van der Waals surface area contributed by atoms with Crippen molar-refractivity contribution in [3.63, 3.8) is 0 Å². The van der Waals surface area contributed by atoms with Gasteiger partial charge < -0.3 is 10.5 Å². The van der Waals surface area contributed by atoms with Gasteiger partial charge in [-0.25, -0.2) is 0 Å². The molecule has 0 aromatic heterocycles. The van der Waals surface area contributed by atoms with Crippen molar-refractivity contribution in [2.45, 2.75) is 13.0 Å². The molecule has 2 rings (SSSR count). The molecule has 6 heteroatoms. The topological polar surface area (TPSA) is 78.4 Å². The average molecular weight is 337 g/mol. The molecule has 20 heavy (non-hydrogen) atoms. The molecule has 104 valence electrons. The van der Waals surface area contributed by atoms with Gasteiger partial charge in [-0.15, -0.1) is 0 Å². The maximum atomic E-state index is 11.0. The first-order valence-electron chi connectivity index (χ1n) is 5.94. The predicted octanol–water partition coefficient (Wildman–Crippen LogP) is 4.17. The molecule has 2 aromatic carbocycles. The summed E-state index contributed by atoms with van der Waals surface area (Å²) in [5.74, 6) is 0.713. The summed E-state index contributed by atoms with van der Waals surface area (Å²) in [6.45, 7) is 1.86. The summed E-state index contributed by atoms with van der Waals surface area (Å²) in [5.41, 5.74) is 6.62. The number of nitrogens with zero attached hydrogens (tertiary/aromatic N) is 1. The lowest BCUT2D eigenvalue weighted by Gasteiger charge is -2.10. The molecule has 0 heterocycles. The van der Waals surface area contributed by atoms with Crippen LogP contribution in [-0.4, -0.2) is 4.92 Å². The van der Waals surface area contributed by atoms with E-state index < -0.39 is 4.92 Å². The van der Waals surface area contributed by atoms with Crippen LogP contribution in [0.4, 0.5) is 5.69 Å². The highest BCUT2D eigenvalue weighted by molar-refractivity contribution is 9.10. The van der Waals surface area contributed by atoms with Gasteiger partial charge in [-0.1, -0.05) is 28.1 Å². The van der Waals surface area contributed by atoms with E-state index in [2.05, 4.69) is 15.9 Å². The Kier molecular flexibility index (Phi) is 4.36. The molecule has 0 fully saturated rings. The van der Waals surface area contributed by atoms with Gasteiger partial charge >= 0.3 is 5.69 Å². The summed E-state index contributed by atoms with van der Waals surface area (Å²) in [4.78, 5) is 10.5. The molecule has 2 aromatic rings. The summed E-state index contributed by atoms with van der Waals surface area (Å²) < 4.78 is 6.22. The maximum Gasteiger partial charge on any atom is 0.312 e. The standard InChI is InChI=1S/C14H13BrN2O3/c1-9(16)10-3-2-4-12(7-10)20-14-6-5-11(15)8-13(14)17(18)19/h2-9H,16H2,1H3. The summed E-state index contributed by atoms with van der Waals surface area (Å²) in [6.07, 6.45) is 0. The minimum Gasteiger partial charge on any atom is -0.450 e. The Bertz CT molecular complexity index is 644. The van der Waals surface area contributed by atoms with Crippen LogP contribution in [0.2, 0.25) is 0 Å². The fourth-order valence-corrected chi connectivity index (χ4v) is 2.06. The van der Waals surface area contributed by atoms with Crippen LogP contribution in [0.25, 0.3) is 0 Å². The third-order valence-corrected chi connectivity index (χ3v) is 3.22. The Hall–Kier alpha value is -1.92. The molecule has 0 amide bonds. The molecule has 0 bridgehead atoms. The van der Waals surface area contributed by atoms with Crippen molar-refractivity contribution >= 4 is 21.6 Å². The first kappa shape index (κ1) is 14.5. The lowest BCUT2D eigenvalue weighted by Crippen LogP contribution is -2.04. The zero-order chi connectivity index (χ0) is 14.7. The number of benzene rings is 2. The monoisotopic (exact) mass is 336 g/mol. The number of hydrogen-bond donors (Lipinski definition) is 1. The largest absolute Gasteiger partial charge is 0.450 e. The van der Waals surface area contributed by atoms with E-state index >= 15 is 0 Å². The van der Waals surface area contributed by atoms with Crippen LogP contribution in [0.5, 0.6) is 11.5 Å². The van der Waals surface area contributed by atoms with E-state index in [-0.39, 0.29) is 17.5 Å². The van der Waals surface area contributed by atoms with Crippen LogP contribution in [-0.2, 0) is 0 Å². The second kappa shape index (κ2) is 6.02. The summed E-state index contributed by atoms with van der Waals surface area (Å²) in [6, 6.07) is 11.7. The van der Waals surface area contributed by atoms with Gasteiger partial charge in [0.1, 0.15) is 5.75 Å². The van der Waals surface area contributed by atoms with Crippen LogP contribution < -0.4 is 10.5 Å². The molecular formula is C14H13BrN2O3. The van der Waals surface area contributed by atoms with Crippen LogP contribution in [0.15, 0.2) is 46.9 Å². The highest BCUT2D eigenvalue weighted by Gasteiger charge is 2.16. The van der Waals surface area contributed by atoms with Crippen molar-refractivity contribution in [1.29, 1.82) is 0 Å². The van der Waals surface area contributed by atoms with Gasteiger partial charge in [0.25, 0.3) is 0 Å². The predicted molar refractivity (Wildman–Crippen MR) is 79.9 cm³/mol. The molecule has 1 atom stereocenters. The van der Waals surface area contributed by atoms with Crippen molar-refractivity contribution in [2.75, 3.05) is 0 Å². The number of nitro benzene ring substituents is 1. The molecular weight excluding hydrogens is 324 g/mol. The van der Waals surface area contributed by atoms with Gasteiger partial charge in [-0.05, 0) is 36.8 Å². The highest BCUT2D eigenvalue weighted by atomic mass is 79.9. The van der Waals surface area contributed by atoms with Crippen molar-refractivity contribution in [1.82, 2.24) is 0 Å². The molecule has 0 aliphatic carbocycles. The van der Waals surface area contributed by atoms with E-state index in [0.717, 1.165) is 5.56 Å². The summed E-state index contributed by atoms with van der Waals surface area (Å²) in [5, 5.41) is 11.0. The van der Waals surface area contributed by atoms with Crippen molar-refractivity contribution in [3.05, 3.63) is 62.6 Å². The van der Waals surface area contributed by atoms with E-state index in [4.69, 9.17) is 10.5 Å². The molecule has 0 saturated carbocycles. The molecule has 0 aliphatic heterocycles. The quantitative estimate of drug-likeness (QED) is 0.671. The summed E-state index contributed by atoms with van der Waals surface area (Å²) >= 11 is 3.20. The van der Waals surface area contributed by atoms with Gasteiger partial charge in [0.15, 0.2) is 0 Å². The Morgan fingerprint density at radius 2 is 2.05 bits per heavy atom. The smallest absolute Gasteiger partial charge is 0.312 e. The zero-order valence-electron chi connectivity index (χ0n) is 10.7. The molecule has 0 spiro atoms. The molecule has 0 aliphatic rings. The number of nitro groups is 1. The third-order valence-electron chi connectivity index (χ3n) is 2.73. The first-order valence-corrected chi connectivity index (χ1v) is 6.74.